The summed E-state index contributed by atoms with van der Waals surface area (Å²) in [7, 11) is 1.87. The molecule has 0 bridgehead atoms. The first-order chi connectivity index (χ1) is 18.7. The summed E-state index contributed by atoms with van der Waals surface area (Å²) in [6, 6.07) is 27.4. The summed E-state index contributed by atoms with van der Waals surface area (Å²) in [5, 5.41) is 4.26. The summed E-state index contributed by atoms with van der Waals surface area (Å²) in [5.74, 6) is 2.21. The van der Waals surface area contributed by atoms with Crippen molar-refractivity contribution in [2.24, 2.45) is 0 Å². The molecule has 2 aromatic heterocycles. The number of carbonyl (C=O) groups is 1. The lowest BCUT2D eigenvalue weighted by molar-refractivity contribution is 0.0732. The van der Waals surface area contributed by atoms with Gasteiger partial charge in [0.15, 0.2) is 5.82 Å². The van der Waals surface area contributed by atoms with Gasteiger partial charge in [-0.1, -0.05) is 48.5 Å². The molecule has 3 heterocycles. The van der Waals surface area contributed by atoms with Gasteiger partial charge < -0.3 is 15.0 Å². The number of rotatable bonds is 6. The molecule has 188 valence electrons. The third kappa shape index (κ3) is 4.78. The smallest absolute Gasteiger partial charge is 0.254 e. The number of hydrogen-bond donors (Lipinski definition) is 1. The summed E-state index contributed by atoms with van der Waals surface area (Å²) in [6.45, 7) is 1.49. The molecule has 5 aromatic rings. The molecule has 1 aliphatic rings. The van der Waals surface area contributed by atoms with E-state index in [1.807, 2.05) is 90.8 Å². The molecule has 1 aliphatic heterocycles. The Hall–Kier alpha value is -4.78. The van der Waals surface area contributed by atoms with Gasteiger partial charge in [0, 0.05) is 41.9 Å². The highest BCUT2D eigenvalue weighted by Crippen LogP contribution is 2.28. The molecule has 0 radical (unpaired) electrons. The quantitative estimate of drug-likeness (QED) is 0.330. The molecular weight excluding hydrogens is 474 g/mol. The van der Waals surface area contributed by atoms with Crippen molar-refractivity contribution in [2.45, 2.75) is 19.6 Å². The zero-order chi connectivity index (χ0) is 25.9. The third-order valence-electron chi connectivity index (χ3n) is 6.79. The van der Waals surface area contributed by atoms with E-state index in [1.54, 1.807) is 6.20 Å². The van der Waals surface area contributed by atoms with Crippen molar-refractivity contribution in [1.29, 1.82) is 0 Å². The Kier molecular flexibility index (Phi) is 6.40. The van der Waals surface area contributed by atoms with Gasteiger partial charge in [0.05, 0.1) is 17.8 Å². The van der Waals surface area contributed by atoms with E-state index in [9.17, 15) is 4.79 Å². The van der Waals surface area contributed by atoms with E-state index in [0.29, 0.717) is 37.5 Å². The molecule has 0 aliphatic carbocycles. The minimum Gasteiger partial charge on any atom is -0.489 e. The van der Waals surface area contributed by atoms with Crippen molar-refractivity contribution < 1.29 is 9.53 Å². The number of fused-ring (bicyclic) bond motifs is 2. The van der Waals surface area contributed by atoms with Crippen LogP contribution in [0.3, 0.4) is 0 Å². The van der Waals surface area contributed by atoms with Gasteiger partial charge in [0.25, 0.3) is 5.91 Å². The van der Waals surface area contributed by atoms with Gasteiger partial charge in [0.2, 0.25) is 0 Å². The number of para-hydroxylation sites is 2. The summed E-state index contributed by atoms with van der Waals surface area (Å²) in [6.07, 6.45) is 2.49. The number of nitrogens with one attached hydrogen (secondary N) is 1. The highest BCUT2D eigenvalue weighted by atomic mass is 16.5. The molecular formula is C31H27N5O2. The average Bonchev–Trinajstić information content (AvgIpc) is 2.99. The SMILES string of the molecule is CNc1nc(-c2cnc3ccccc3c2)nc2c1CCN(C(=O)c1ccc(COc3ccccc3)cc1)C2. The summed E-state index contributed by atoms with van der Waals surface area (Å²) >= 11 is 0. The van der Waals surface area contributed by atoms with Crippen LogP contribution in [0.15, 0.2) is 91.1 Å². The van der Waals surface area contributed by atoms with Crippen LogP contribution in [0.25, 0.3) is 22.3 Å². The molecule has 0 fully saturated rings. The van der Waals surface area contributed by atoms with Crippen molar-refractivity contribution in [1.82, 2.24) is 19.9 Å². The van der Waals surface area contributed by atoms with Crippen LogP contribution >= 0.6 is 0 Å². The molecule has 0 saturated heterocycles. The van der Waals surface area contributed by atoms with Crippen LogP contribution in [0.4, 0.5) is 5.82 Å². The van der Waals surface area contributed by atoms with Crippen molar-refractivity contribution in [3.63, 3.8) is 0 Å². The maximum absolute atomic E-state index is 13.4. The van der Waals surface area contributed by atoms with Crippen molar-refractivity contribution in [2.75, 3.05) is 18.9 Å². The fraction of sp³-hybridized carbons (Fsp3) is 0.161. The number of hydrogen-bond acceptors (Lipinski definition) is 6. The van der Waals surface area contributed by atoms with Crippen LogP contribution in [0.5, 0.6) is 5.75 Å². The summed E-state index contributed by atoms with van der Waals surface area (Å²) in [5.41, 5.74) is 5.35. The summed E-state index contributed by atoms with van der Waals surface area (Å²) < 4.78 is 5.82. The van der Waals surface area contributed by atoms with Crippen LogP contribution in [0.1, 0.15) is 27.2 Å². The second-order valence-corrected chi connectivity index (χ2v) is 9.26. The highest BCUT2D eigenvalue weighted by Gasteiger charge is 2.26. The van der Waals surface area contributed by atoms with E-state index in [-0.39, 0.29) is 5.91 Å². The molecule has 0 saturated carbocycles. The Morgan fingerprint density at radius 3 is 2.58 bits per heavy atom. The molecule has 7 heteroatoms. The number of ether oxygens (including phenoxy) is 1. The standard InChI is InChI=1S/C31H27N5O2/c1-32-30-26-15-16-36(31(37)22-13-11-21(12-14-22)20-38-25-8-3-2-4-9-25)19-28(26)34-29(35-30)24-17-23-7-5-6-10-27(23)33-18-24/h2-14,17-18H,15-16,19-20H2,1H3,(H,32,34,35). The fourth-order valence-electron chi connectivity index (χ4n) is 4.74. The largest absolute Gasteiger partial charge is 0.489 e. The van der Waals surface area contributed by atoms with Gasteiger partial charge in [-0.15, -0.1) is 0 Å². The molecule has 6 rings (SSSR count). The van der Waals surface area contributed by atoms with E-state index >= 15 is 0 Å². The number of pyridine rings is 1. The first kappa shape index (κ1) is 23.6. The van der Waals surface area contributed by atoms with Crippen LogP contribution in [-0.4, -0.2) is 39.4 Å². The van der Waals surface area contributed by atoms with Crippen LogP contribution in [0, 0.1) is 0 Å². The Bertz CT molecular complexity index is 1600. The normalized spacial score (nSPS) is 12.7. The predicted molar refractivity (Wildman–Crippen MR) is 148 cm³/mol. The zero-order valence-corrected chi connectivity index (χ0v) is 21.1. The number of nitrogens with zero attached hydrogens (tertiary/aromatic N) is 4. The van der Waals surface area contributed by atoms with E-state index < -0.39 is 0 Å². The topological polar surface area (TPSA) is 80.2 Å². The maximum Gasteiger partial charge on any atom is 0.254 e. The van der Waals surface area contributed by atoms with Gasteiger partial charge in [-0.2, -0.15) is 0 Å². The lowest BCUT2D eigenvalue weighted by Crippen LogP contribution is -2.37. The average molecular weight is 502 g/mol. The molecule has 7 nitrogen and oxygen atoms in total. The van der Waals surface area contributed by atoms with Gasteiger partial charge >= 0.3 is 0 Å². The minimum absolute atomic E-state index is 0.00952. The third-order valence-corrected chi connectivity index (χ3v) is 6.79. The minimum atomic E-state index is -0.00952. The van der Waals surface area contributed by atoms with Gasteiger partial charge in [-0.05, 0) is 48.4 Å². The number of carbonyl (C=O) groups excluding carboxylic acids is 1. The van der Waals surface area contributed by atoms with Gasteiger partial charge in [-0.25, -0.2) is 9.97 Å². The van der Waals surface area contributed by atoms with Crippen molar-refractivity contribution in [3.8, 4) is 17.1 Å². The van der Waals surface area contributed by atoms with Gasteiger partial charge in [0.1, 0.15) is 18.2 Å². The lowest BCUT2D eigenvalue weighted by Gasteiger charge is -2.29. The monoisotopic (exact) mass is 501 g/mol. The van der Waals surface area contributed by atoms with E-state index in [4.69, 9.17) is 14.7 Å². The molecule has 0 atom stereocenters. The van der Waals surface area contributed by atoms with E-state index in [0.717, 1.165) is 44.9 Å². The number of aromatic nitrogens is 3. The van der Waals surface area contributed by atoms with E-state index in [1.165, 1.54) is 0 Å². The predicted octanol–water partition coefficient (Wildman–Crippen LogP) is 5.51. The van der Waals surface area contributed by atoms with Crippen LogP contribution < -0.4 is 10.1 Å². The van der Waals surface area contributed by atoms with Crippen LogP contribution in [-0.2, 0) is 19.6 Å². The second kappa shape index (κ2) is 10.3. The Labute approximate surface area is 221 Å². The molecule has 0 unspecified atom stereocenters. The molecule has 0 spiro atoms. The van der Waals surface area contributed by atoms with Crippen LogP contribution in [0.2, 0.25) is 0 Å². The first-order valence-electron chi connectivity index (χ1n) is 12.7. The van der Waals surface area contributed by atoms with Crippen molar-refractivity contribution in [3.05, 3.63) is 114 Å². The first-order valence-corrected chi connectivity index (χ1v) is 12.7. The second-order valence-electron chi connectivity index (χ2n) is 9.26. The van der Waals surface area contributed by atoms with E-state index in [2.05, 4.69) is 16.4 Å². The number of anilines is 1. The number of benzene rings is 3. The summed E-state index contributed by atoms with van der Waals surface area (Å²) in [4.78, 5) is 29.5. The lowest BCUT2D eigenvalue weighted by atomic mass is 10.0. The van der Waals surface area contributed by atoms with Gasteiger partial charge in [-0.3, -0.25) is 9.78 Å². The molecule has 1 amide bonds. The van der Waals surface area contributed by atoms with Crippen molar-refractivity contribution >= 4 is 22.6 Å². The molecule has 1 N–H and O–H groups in total. The number of amides is 1. The molecule has 38 heavy (non-hydrogen) atoms. The Morgan fingerprint density at radius 2 is 1.76 bits per heavy atom. The Morgan fingerprint density at radius 1 is 0.974 bits per heavy atom. The zero-order valence-electron chi connectivity index (χ0n) is 21.1. The fourth-order valence-corrected chi connectivity index (χ4v) is 4.74. The maximum atomic E-state index is 13.4. The Balaban J connectivity index is 1.21. The molecule has 3 aromatic carbocycles. The highest BCUT2D eigenvalue weighted by molar-refractivity contribution is 5.94.